The number of primary amides is 1. The summed E-state index contributed by atoms with van der Waals surface area (Å²) in [7, 11) is 0. The van der Waals surface area contributed by atoms with Crippen LogP contribution in [0.1, 0.15) is 27.2 Å². The molecule has 1 aliphatic rings. The zero-order chi connectivity index (χ0) is 13.1. The lowest BCUT2D eigenvalue weighted by atomic mass is 9.64. The monoisotopic (exact) mass is 243 g/mol. The van der Waals surface area contributed by atoms with E-state index in [1.807, 2.05) is 12.2 Å². The fourth-order valence-corrected chi connectivity index (χ4v) is 2.11. The lowest BCUT2D eigenvalue weighted by Crippen LogP contribution is -2.62. The predicted molar refractivity (Wildman–Crippen MR) is 63.3 cm³/mol. The SMILES string of the molecule is CCOC1CC(NCC(=O)NC(N)=O)C1(C)C. The van der Waals surface area contributed by atoms with Crippen LogP contribution in [0.5, 0.6) is 0 Å². The van der Waals surface area contributed by atoms with Crippen molar-refractivity contribution in [2.75, 3.05) is 13.2 Å². The van der Waals surface area contributed by atoms with Gasteiger partial charge >= 0.3 is 6.03 Å². The minimum absolute atomic E-state index is 0.00299. The minimum Gasteiger partial charge on any atom is -0.378 e. The molecule has 0 saturated heterocycles. The first-order chi connectivity index (χ1) is 7.87. The Balaban J connectivity index is 2.31. The first-order valence-electron chi connectivity index (χ1n) is 5.82. The normalized spacial score (nSPS) is 26.1. The molecule has 2 unspecified atom stereocenters. The number of hydrogen-bond acceptors (Lipinski definition) is 4. The molecule has 0 spiro atoms. The lowest BCUT2D eigenvalue weighted by molar-refractivity contribution is -0.125. The van der Waals surface area contributed by atoms with Gasteiger partial charge in [-0.25, -0.2) is 4.79 Å². The average molecular weight is 243 g/mol. The molecule has 0 aromatic heterocycles. The fraction of sp³-hybridized carbons (Fsp3) is 0.818. The molecule has 1 fully saturated rings. The van der Waals surface area contributed by atoms with Crippen LogP contribution >= 0.6 is 0 Å². The number of carbonyl (C=O) groups is 2. The van der Waals surface area contributed by atoms with Crippen molar-refractivity contribution in [2.24, 2.45) is 11.1 Å². The van der Waals surface area contributed by atoms with E-state index in [0.717, 1.165) is 6.42 Å². The summed E-state index contributed by atoms with van der Waals surface area (Å²) in [5.41, 5.74) is 4.85. The van der Waals surface area contributed by atoms with E-state index in [9.17, 15) is 9.59 Å². The largest absolute Gasteiger partial charge is 0.378 e. The molecule has 98 valence electrons. The number of carbonyl (C=O) groups excluding carboxylic acids is 2. The van der Waals surface area contributed by atoms with Crippen LogP contribution in [0.2, 0.25) is 0 Å². The highest BCUT2D eigenvalue weighted by molar-refractivity contribution is 5.94. The Morgan fingerprint density at radius 2 is 2.12 bits per heavy atom. The van der Waals surface area contributed by atoms with Gasteiger partial charge in [0.05, 0.1) is 12.6 Å². The van der Waals surface area contributed by atoms with Gasteiger partial charge in [0.15, 0.2) is 0 Å². The third-order valence-corrected chi connectivity index (χ3v) is 3.32. The van der Waals surface area contributed by atoms with Crippen LogP contribution in [-0.2, 0) is 9.53 Å². The Bertz CT molecular complexity index is 304. The number of nitrogens with two attached hydrogens (primary N) is 1. The highest BCUT2D eigenvalue weighted by Crippen LogP contribution is 2.42. The van der Waals surface area contributed by atoms with Crippen molar-refractivity contribution in [2.45, 2.75) is 39.3 Å². The number of rotatable bonds is 5. The fourth-order valence-electron chi connectivity index (χ4n) is 2.11. The zero-order valence-electron chi connectivity index (χ0n) is 10.6. The van der Waals surface area contributed by atoms with Gasteiger partial charge in [-0.15, -0.1) is 0 Å². The third-order valence-electron chi connectivity index (χ3n) is 3.32. The molecular weight excluding hydrogens is 222 g/mol. The summed E-state index contributed by atoms with van der Waals surface area (Å²) in [6.45, 7) is 6.96. The van der Waals surface area contributed by atoms with Crippen molar-refractivity contribution in [3.05, 3.63) is 0 Å². The summed E-state index contributed by atoms with van der Waals surface area (Å²) in [5.74, 6) is -0.409. The molecule has 0 heterocycles. The predicted octanol–water partition coefficient (Wildman–Crippen LogP) is -0.0255. The molecule has 2 atom stereocenters. The van der Waals surface area contributed by atoms with Crippen molar-refractivity contribution >= 4 is 11.9 Å². The number of urea groups is 1. The van der Waals surface area contributed by atoms with Crippen molar-refractivity contribution in [3.8, 4) is 0 Å². The number of ether oxygens (including phenoxy) is 1. The first-order valence-corrected chi connectivity index (χ1v) is 5.82. The molecule has 0 aromatic rings. The van der Waals surface area contributed by atoms with Gasteiger partial charge in [-0.3, -0.25) is 10.1 Å². The summed E-state index contributed by atoms with van der Waals surface area (Å²) in [6.07, 6.45) is 1.11. The van der Waals surface area contributed by atoms with E-state index in [1.165, 1.54) is 0 Å². The summed E-state index contributed by atoms with van der Waals surface area (Å²) in [4.78, 5) is 21.7. The van der Waals surface area contributed by atoms with Gasteiger partial charge < -0.3 is 15.8 Å². The molecule has 3 amide bonds. The van der Waals surface area contributed by atoms with E-state index in [-0.39, 0.29) is 24.1 Å². The Kier molecular flexibility index (Phi) is 4.47. The first kappa shape index (κ1) is 13.9. The second kappa shape index (κ2) is 5.46. The van der Waals surface area contributed by atoms with Gasteiger partial charge in [0.2, 0.25) is 5.91 Å². The Morgan fingerprint density at radius 1 is 1.47 bits per heavy atom. The molecule has 0 aliphatic heterocycles. The quantitative estimate of drug-likeness (QED) is 0.632. The molecule has 1 saturated carbocycles. The Labute approximate surface area is 101 Å². The van der Waals surface area contributed by atoms with Crippen molar-refractivity contribution in [1.29, 1.82) is 0 Å². The topological polar surface area (TPSA) is 93.4 Å². The summed E-state index contributed by atoms with van der Waals surface area (Å²) < 4.78 is 5.58. The second-order valence-electron chi connectivity index (χ2n) is 4.85. The number of hydrogen-bond donors (Lipinski definition) is 3. The van der Waals surface area contributed by atoms with Gasteiger partial charge in [-0.1, -0.05) is 13.8 Å². The van der Waals surface area contributed by atoms with Crippen molar-refractivity contribution < 1.29 is 14.3 Å². The number of nitrogens with one attached hydrogen (secondary N) is 2. The molecule has 1 aliphatic carbocycles. The van der Waals surface area contributed by atoms with Crippen LogP contribution in [0.15, 0.2) is 0 Å². The maximum absolute atomic E-state index is 11.2. The molecule has 4 N–H and O–H groups in total. The third kappa shape index (κ3) is 3.41. The summed E-state index contributed by atoms with van der Waals surface area (Å²) in [6, 6.07) is -0.602. The molecule has 6 heteroatoms. The van der Waals surface area contributed by atoms with Crippen molar-refractivity contribution in [1.82, 2.24) is 10.6 Å². The maximum Gasteiger partial charge on any atom is 0.318 e. The number of imide groups is 1. The standard InChI is InChI=1S/C11H21N3O3/c1-4-17-8-5-7(11(8,2)3)13-6-9(15)14-10(12)16/h7-8,13H,4-6H2,1-3H3,(H3,12,14,15,16). The van der Waals surface area contributed by atoms with Gasteiger partial charge in [-0.2, -0.15) is 0 Å². The molecular formula is C11H21N3O3. The lowest BCUT2D eigenvalue weighted by Gasteiger charge is -2.51. The highest BCUT2D eigenvalue weighted by Gasteiger charge is 2.48. The van der Waals surface area contributed by atoms with Crippen LogP contribution in [0.3, 0.4) is 0 Å². The molecule has 17 heavy (non-hydrogen) atoms. The summed E-state index contributed by atoms with van der Waals surface area (Å²) in [5, 5.41) is 5.12. The smallest absolute Gasteiger partial charge is 0.318 e. The van der Waals surface area contributed by atoms with Gasteiger partial charge in [0.25, 0.3) is 0 Å². The van der Waals surface area contributed by atoms with Crippen LogP contribution in [-0.4, -0.2) is 37.2 Å². The van der Waals surface area contributed by atoms with Gasteiger partial charge in [0.1, 0.15) is 0 Å². The molecule has 1 rings (SSSR count). The number of amides is 3. The van der Waals surface area contributed by atoms with Crippen LogP contribution < -0.4 is 16.4 Å². The van der Waals surface area contributed by atoms with Crippen molar-refractivity contribution in [3.63, 3.8) is 0 Å². The van der Waals surface area contributed by atoms with E-state index in [1.54, 1.807) is 0 Å². The van der Waals surface area contributed by atoms with Gasteiger partial charge in [-0.05, 0) is 13.3 Å². The Hall–Kier alpha value is -1.14. The van der Waals surface area contributed by atoms with E-state index < -0.39 is 11.9 Å². The minimum atomic E-state index is -0.822. The molecule has 0 radical (unpaired) electrons. The van der Waals surface area contributed by atoms with Crippen LogP contribution in [0, 0.1) is 5.41 Å². The molecule has 0 bridgehead atoms. The van der Waals surface area contributed by atoms with Gasteiger partial charge in [0, 0.05) is 18.1 Å². The van der Waals surface area contributed by atoms with E-state index in [4.69, 9.17) is 10.5 Å². The maximum atomic E-state index is 11.2. The summed E-state index contributed by atoms with van der Waals surface area (Å²) >= 11 is 0. The zero-order valence-corrected chi connectivity index (χ0v) is 10.6. The van der Waals surface area contributed by atoms with E-state index >= 15 is 0 Å². The molecule has 0 aromatic carbocycles. The van der Waals surface area contributed by atoms with E-state index in [2.05, 4.69) is 19.2 Å². The van der Waals surface area contributed by atoms with Crippen LogP contribution in [0.25, 0.3) is 0 Å². The average Bonchev–Trinajstić information content (AvgIpc) is 2.21. The van der Waals surface area contributed by atoms with E-state index in [0.29, 0.717) is 6.61 Å². The Morgan fingerprint density at radius 3 is 2.59 bits per heavy atom. The van der Waals surface area contributed by atoms with Crippen LogP contribution in [0.4, 0.5) is 4.79 Å². The highest BCUT2D eigenvalue weighted by atomic mass is 16.5. The second-order valence-corrected chi connectivity index (χ2v) is 4.85. The molecule has 6 nitrogen and oxygen atoms in total.